The van der Waals surface area contributed by atoms with Gasteiger partial charge < -0.3 is 4.52 Å². The number of hydrogen-bond donors (Lipinski definition) is 0. The molecule has 0 amide bonds. The summed E-state index contributed by atoms with van der Waals surface area (Å²) >= 11 is 3.41. The molecule has 3 rings (SSSR count). The second-order valence-corrected chi connectivity index (χ2v) is 5.85. The van der Waals surface area contributed by atoms with E-state index in [4.69, 9.17) is 4.52 Å². The maximum atomic E-state index is 5.29. The quantitative estimate of drug-likeness (QED) is 0.865. The monoisotopic (exact) mass is 325 g/mol. The molecule has 1 aliphatic rings. The van der Waals surface area contributed by atoms with Crippen LogP contribution >= 0.6 is 15.9 Å². The van der Waals surface area contributed by atoms with Crippen molar-refractivity contribution < 1.29 is 4.52 Å². The van der Waals surface area contributed by atoms with Crippen LogP contribution in [0.3, 0.4) is 0 Å². The van der Waals surface area contributed by atoms with Gasteiger partial charge in [0, 0.05) is 12.7 Å². The molecule has 0 aromatic carbocycles. The molecule has 19 heavy (non-hydrogen) atoms. The van der Waals surface area contributed by atoms with Crippen LogP contribution in [0.15, 0.2) is 21.4 Å². The Bertz CT molecular complexity index is 552. The number of piperidine rings is 1. The van der Waals surface area contributed by atoms with Gasteiger partial charge in [-0.1, -0.05) is 5.16 Å². The average Bonchev–Trinajstić information content (AvgIpc) is 2.99. The third kappa shape index (κ3) is 3.03. The Morgan fingerprint density at radius 1 is 1.53 bits per heavy atom. The molecule has 0 saturated carbocycles. The van der Waals surface area contributed by atoms with Crippen LogP contribution in [0.25, 0.3) is 0 Å². The minimum Gasteiger partial charge on any atom is -0.339 e. The standard InChI is InChI=1S/C12H16BrN5O/c1-9-15-12(19-16-9)10-3-2-4-17(6-10)8-18-7-11(13)5-14-18/h5,7,10H,2-4,6,8H2,1H3/t10-/m0/s1. The summed E-state index contributed by atoms with van der Waals surface area (Å²) in [7, 11) is 0. The van der Waals surface area contributed by atoms with E-state index in [0.29, 0.717) is 11.7 Å². The summed E-state index contributed by atoms with van der Waals surface area (Å²) in [6, 6.07) is 0. The second kappa shape index (κ2) is 5.42. The van der Waals surface area contributed by atoms with E-state index in [9.17, 15) is 0 Å². The van der Waals surface area contributed by atoms with Crippen molar-refractivity contribution >= 4 is 15.9 Å². The summed E-state index contributed by atoms with van der Waals surface area (Å²) in [6.07, 6.45) is 6.05. The van der Waals surface area contributed by atoms with Crippen LogP contribution in [0.1, 0.15) is 30.5 Å². The van der Waals surface area contributed by atoms with Crippen molar-refractivity contribution in [3.63, 3.8) is 0 Å². The molecule has 0 aliphatic carbocycles. The minimum absolute atomic E-state index is 0.342. The highest BCUT2D eigenvalue weighted by Gasteiger charge is 2.25. The zero-order chi connectivity index (χ0) is 13.2. The molecule has 1 aliphatic heterocycles. The highest BCUT2D eigenvalue weighted by Crippen LogP contribution is 2.25. The molecular formula is C12H16BrN5O. The lowest BCUT2D eigenvalue weighted by atomic mass is 9.98. The summed E-state index contributed by atoms with van der Waals surface area (Å²) in [5, 5.41) is 8.16. The third-order valence-electron chi connectivity index (χ3n) is 3.34. The maximum Gasteiger partial charge on any atom is 0.231 e. The molecule has 2 aromatic heterocycles. The van der Waals surface area contributed by atoms with Gasteiger partial charge in [-0.15, -0.1) is 0 Å². The van der Waals surface area contributed by atoms with Crippen molar-refractivity contribution in [1.29, 1.82) is 0 Å². The summed E-state index contributed by atoms with van der Waals surface area (Å²) < 4.78 is 8.23. The first-order valence-electron chi connectivity index (χ1n) is 6.41. The van der Waals surface area contributed by atoms with Gasteiger partial charge in [0.25, 0.3) is 0 Å². The number of likely N-dealkylation sites (tertiary alicyclic amines) is 1. The van der Waals surface area contributed by atoms with E-state index < -0.39 is 0 Å². The summed E-state index contributed by atoms with van der Waals surface area (Å²) in [4.78, 5) is 6.71. The van der Waals surface area contributed by atoms with Gasteiger partial charge in [0.05, 0.1) is 23.3 Å². The lowest BCUT2D eigenvalue weighted by molar-refractivity contribution is 0.144. The highest BCUT2D eigenvalue weighted by atomic mass is 79.9. The van der Waals surface area contributed by atoms with Crippen LogP contribution in [0.5, 0.6) is 0 Å². The third-order valence-corrected chi connectivity index (χ3v) is 3.75. The van der Waals surface area contributed by atoms with Gasteiger partial charge in [0.2, 0.25) is 5.89 Å². The van der Waals surface area contributed by atoms with E-state index >= 15 is 0 Å². The van der Waals surface area contributed by atoms with Crippen LogP contribution < -0.4 is 0 Å². The first-order valence-corrected chi connectivity index (χ1v) is 7.20. The van der Waals surface area contributed by atoms with Crippen molar-refractivity contribution in [3.05, 3.63) is 28.6 Å². The Morgan fingerprint density at radius 3 is 3.11 bits per heavy atom. The molecule has 7 heteroatoms. The molecule has 0 bridgehead atoms. The zero-order valence-electron chi connectivity index (χ0n) is 10.8. The molecule has 102 valence electrons. The Hall–Kier alpha value is -1.21. The summed E-state index contributed by atoms with van der Waals surface area (Å²) in [5.74, 6) is 1.82. The first kappa shape index (κ1) is 12.8. The summed E-state index contributed by atoms with van der Waals surface area (Å²) in [5.41, 5.74) is 0. The van der Waals surface area contributed by atoms with Gasteiger partial charge in [0.1, 0.15) is 0 Å². The molecule has 6 nitrogen and oxygen atoms in total. The van der Waals surface area contributed by atoms with Gasteiger partial charge in [0.15, 0.2) is 5.82 Å². The number of aromatic nitrogens is 4. The van der Waals surface area contributed by atoms with Crippen molar-refractivity contribution in [2.24, 2.45) is 0 Å². The van der Waals surface area contributed by atoms with Gasteiger partial charge in [-0.2, -0.15) is 10.1 Å². The maximum absolute atomic E-state index is 5.29. The molecule has 1 fully saturated rings. The van der Waals surface area contributed by atoms with E-state index in [1.165, 1.54) is 0 Å². The molecule has 0 N–H and O–H groups in total. The lowest BCUT2D eigenvalue weighted by Crippen LogP contribution is -2.36. The fraction of sp³-hybridized carbons (Fsp3) is 0.583. The second-order valence-electron chi connectivity index (χ2n) is 4.94. The van der Waals surface area contributed by atoms with E-state index in [-0.39, 0.29) is 0 Å². The van der Waals surface area contributed by atoms with Crippen molar-refractivity contribution in [2.75, 3.05) is 13.1 Å². The molecule has 2 aromatic rings. The van der Waals surface area contributed by atoms with E-state index in [1.807, 2.05) is 24.0 Å². The molecule has 0 unspecified atom stereocenters. The topological polar surface area (TPSA) is 60.0 Å². The fourth-order valence-corrected chi connectivity index (χ4v) is 2.81. The van der Waals surface area contributed by atoms with Crippen LogP contribution in [0.2, 0.25) is 0 Å². The Kier molecular flexibility index (Phi) is 3.65. The summed E-state index contributed by atoms with van der Waals surface area (Å²) in [6.45, 7) is 4.68. The van der Waals surface area contributed by atoms with E-state index in [2.05, 4.69) is 36.1 Å². The normalized spacial score (nSPS) is 20.8. The predicted molar refractivity (Wildman–Crippen MR) is 72.5 cm³/mol. The van der Waals surface area contributed by atoms with Gasteiger partial charge >= 0.3 is 0 Å². The number of hydrogen-bond acceptors (Lipinski definition) is 5. The molecule has 1 saturated heterocycles. The van der Waals surface area contributed by atoms with Crippen LogP contribution in [0, 0.1) is 6.92 Å². The highest BCUT2D eigenvalue weighted by molar-refractivity contribution is 9.10. The van der Waals surface area contributed by atoms with Gasteiger partial charge in [-0.05, 0) is 42.2 Å². The van der Waals surface area contributed by atoms with Gasteiger partial charge in [-0.25, -0.2) is 0 Å². The lowest BCUT2D eigenvalue weighted by Gasteiger charge is -2.30. The van der Waals surface area contributed by atoms with E-state index in [0.717, 1.165) is 43.0 Å². The Morgan fingerprint density at radius 2 is 2.42 bits per heavy atom. The van der Waals surface area contributed by atoms with Crippen LogP contribution in [0.4, 0.5) is 0 Å². The predicted octanol–water partition coefficient (Wildman–Crippen LogP) is 2.17. The molecule has 3 heterocycles. The van der Waals surface area contributed by atoms with Gasteiger partial charge in [-0.3, -0.25) is 9.58 Å². The fourth-order valence-electron chi connectivity index (χ4n) is 2.49. The number of rotatable bonds is 3. The largest absolute Gasteiger partial charge is 0.339 e. The first-order chi connectivity index (χ1) is 9.20. The van der Waals surface area contributed by atoms with Crippen molar-refractivity contribution in [1.82, 2.24) is 24.8 Å². The number of nitrogens with zero attached hydrogens (tertiary/aromatic N) is 5. The zero-order valence-corrected chi connectivity index (χ0v) is 12.4. The Labute approximate surface area is 119 Å². The van der Waals surface area contributed by atoms with Crippen LogP contribution in [-0.2, 0) is 6.67 Å². The molecule has 0 radical (unpaired) electrons. The van der Waals surface area contributed by atoms with E-state index in [1.54, 1.807) is 0 Å². The average molecular weight is 326 g/mol. The molecular weight excluding hydrogens is 310 g/mol. The SMILES string of the molecule is Cc1noc([C@H]2CCCN(Cn3cc(Br)cn3)C2)n1. The molecule has 1 atom stereocenters. The molecule has 0 spiro atoms. The van der Waals surface area contributed by atoms with Crippen molar-refractivity contribution in [3.8, 4) is 0 Å². The minimum atomic E-state index is 0.342. The number of halogens is 1. The Balaban J connectivity index is 1.64. The van der Waals surface area contributed by atoms with Crippen LogP contribution in [-0.4, -0.2) is 37.9 Å². The van der Waals surface area contributed by atoms with Crippen molar-refractivity contribution in [2.45, 2.75) is 32.4 Å². The number of aryl methyl sites for hydroxylation is 1. The smallest absolute Gasteiger partial charge is 0.231 e.